The Labute approximate surface area is 348 Å². The number of anilines is 2. The molecule has 0 aromatic heterocycles. The fourth-order valence-electron chi connectivity index (χ4n) is 7.10. The number of benzene rings is 2. The van der Waals surface area contributed by atoms with Crippen molar-refractivity contribution in [3.8, 4) is 0 Å². The molecule has 2 aromatic rings. The van der Waals surface area contributed by atoms with Gasteiger partial charge in [-0.2, -0.15) is 26.3 Å². The quantitative estimate of drug-likeness (QED) is 0.148. The lowest BCUT2D eigenvalue weighted by Crippen LogP contribution is -2.42. The van der Waals surface area contributed by atoms with E-state index < -0.39 is 17.1 Å². The lowest BCUT2D eigenvalue weighted by Gasteiger charge is -2.28. The predicted molar refractivity (Wildman–Crippen MR) is 214 cm³/mol. The first-order valence-corrected chi connectivity index (χ1v) is 21.2. The van der Waals surface area contributed by atoms with Crippen molar-refractivity contribution in [3.05, 3.63) is 48.5 Å². The van der Waals surface area contributed by atoms with E-state index in [2.05, 4.69) is 5.32 Å². The number of amides is 5. The number of nitrogen functional groups attached to an aromatic ring is 1. The molecule has 1 aliphatic carbocycles. The van der Waals surface area contributed by atoms with Gasteiger partial charge in [0.2, 0.25) is 11.8 Å². The van der Waals surface area contributed by atoms with Crippen LogP contribution in [0.2, 0.25) is 0 Å². The molecule has 4 aliphatic rings. The minimum Gasteiger partial charge on any atom is -0.465 e. The van der Waals surface area contributed by atoms with Gasteiger partial charge < -0.3 is 40.5 Å². The summed E-state index contributed by atoms with van der Waals surface area (Å²) in [5.74, 6) is 0.913. The topological polar surface area (TPSA) is 149 Å². The van der Waals surface area contributed by atoms with Crippen molar-refractivity contribution in [2.24, 2.45) is 11.8 Å². The molecule has 328 valence electrons. The van der Waals surface area contributed by atoms with Crippen molar-refractivity contribution in [1.82, 2.24) is 19.6 Å². The number of thioether (sulfide) groups is 2. The molecule has 0 unspecified atom stereocenters. The molecule has 0 radical (unpaired) electrons. The van der Waals surface area contributed by atoms with Gasteiger partial charge in [-0.25, -0.2) is 9.59 Å². The van der Waals surface area contributed by atoms with E-state index >= 15 is 0 Å². The summed E-state index contributed by atoms with van der Waals surface area (Å²) in [6.45, 7) is 5.50. The molecule has 3 aliphatic heterocycles. The summed E-state index contributed by atoms with van der Waals surface area (Å²) >= 11 is -0.341. The number of nitrogens with two attached hydrogens (primary N) is 1. The molecule has 5 amide bonds. The summed E-state index contributed by atoms with van der Waals surface area (Å²) in [4.78, 5) is 55.2. The Hall–Kier alpha value is -4.04. The zero-order chi connectivity index (χ0) is 43.0. The third-order valence-corrected chi connectivity index (χ3v) is 11.7. The van der Waals surface area contributed by atoms with Crippen molar-refractivity contribution in [2.45, 2.75) is 78.6 Å². The Bertz CT molecular complexity index is 1640. The van der Waals surface area contributed by atoms with Crippen LogP contribution in [-0.4, -0.2) is 125 Å². The van der Waals surface area contributed by atoms with E-state index in [4.69, 9.17) is 15.6 Å². The number of carboxylic acid groups (broad SMARTS) is 1. The Morgan fingerprint density at radius 2 is 1.14 bits per heavy atom. The third-order valence-electron chi connectivity index (χ3n) is 10.2. The lowest BCUT2D eigenvalue weighted by atomic mass is 9.98. The largest absolute Gasteiger partial charge is 0.465 e. The van der Waals surface area contributed by atoms with E-state index in [0.29, 0.717) is 95.7 Å². The van der Waals surface area contributed by atoms with Crippen LogP contribution >= 0.6 is 23.5 Å². The van der Waals surface area contributed by atoms with Crippen LogP contribution in [0.25, 0.3) is 0 Å². The van der Waals surface area contributed by atoms with E-state index in [1.807, 2.05) is 9.80 Å². The van der Waals surface area contributed by atoms with E-state index in [0.717, 1.165) is 19.3 Å². The summed E-state index contributed by atoms with van der Waals surface area (Å²) in [6.07, 6.45) is 7.57. The minimum absolute atomic E-state index is 0.00258. The van der Waals surface area contributed by atoms with Gasteiger partial charge in [-0.1, -0.05) is 12.8 Å². The molecule has 0 spiro atoms. The fraction of sp³-hybridized carbons (Fsp3) is 0.590. The first kappa shape index (κ1) is 47.6. The van der Waals surface area contributed by atoms with Gasteiger partial charge in [0, 0.05) is 99.1 Å². The van der Waals surface area contributed by atoms with Gasteiger partial charge in [0.25, 0.3) is 0 Å². The average molecular weight is 879 g/mol. The van der Waals surface area contributed by atoms with E-state index in [1.54, 1.807) is 4.90 Å². The number of nitrogens with zero attached hydrogens (tertiary/aromatic N) is 4. The average Bonchev–Trinajstić information content (AvgIpc) is 3.40. The zero-order valence-corrected chi connectivity index (χ0v) is 34.3. The molecule has 0 bridgehead atoms. The number of hydrogen-bond acceptors (Lipinski definition) is 8. The molecule has 1 saturated carbocycles. The Balaban J connectivity index is 0.000000217. The van der Waals surface area contributed by atoms with Crippen LogP contribution in [0, 0.1) is 11.8 Å². The molecule has 0 atom stereocenters. The second kappa shape index (κ2) is 23.1. The van der Waals surface area contributed by atoms with Crippen LogP contribution in [0.4, 0.5) is 47.3 Å². The maximum absolute atomic E-state index is 12.7. The van der Waals surface area contributed by atoms with Crippen molar-refractivity contribution >= 4 is 58.8 Å². The van der Waals surface area contributed by atoms with Crippen LogP contribution in [0.15, 0.2) is 58.3 Å². The number of halogens is 6. The molecule has 6 rings (SSSR count). The van der Waals surface area contributed by atoms with Gasteiger partial charge >= 0.3 is 23.1 Å². The molecular weight excluding hydrogens is 827 g/mol. The van der Waals surface area contributed by atoms with Gasteiger partial charge in [0.15, 0.2) is 0 Å². The SMILES string of the molecule is Nc1ccc(SC(F)(F)F)cc1.O=C(Nc1ccc(SC(F)(F)F)cc1)N1CCCN(C(=O)C2CCOCC2)CC1.O=C(O)N1CCCN(C(=O)CC2CCCC2)CC1. The first-order valence-electron chi connectivity index (χ1n) is 19.6. The van der Waals surface area contributed by atoms with Gasteiger partial charge in [-0.05, 0) is 116 Å². The summed E-state index contributed by atoms with van der Waals surface area (Å²) < 4.78 is 77.8. The summed E-state index contributed by atoms with van der Waals surface area (Å²) in [6, 6.07) is 10.8. The van der Waals surface area contributed by atoms with Crippen molar-refractivity contribution in [3.63, 3.8) is 0 Å². The summed E-state index contributed by atoms with van der Waals surface area (Å²) in [5.41, 5.74) is -2.38. The third kappa shape index (κ3) is 17.6. The Kier molecular flexibility index (Phi) is 18.6. The van der Waals surface area contributed by atoms with Gasteiger partial charge in [-0.15, -0.1) is 0 Å². The predicted octanol–water partition coefficient (Wildman–Crippen LogP) is 8.45. The number of ether oxygens (including phenoxy) is 1. The molecule has 4 fully saturated rings. The summed E-state index contributed by atoms with van der Waals surface area (Å²) in [7, 11) is 0. The fourth-order valence-corrected chi connectivity index (χ4v) is 8.18. The summed E-state index contributed by atoms with van der Waals surface area (Å²) in [5, 5.41) is 11.7. The van der Waals surface area contributed by atoms with Crippen molar-refractivity contribution < 1.29 is 55.4 Å². The molecule has 2 aromatic carbocycles. The number of nitrogens with one attached hydrogen (secondary N) is 1. The molecule has 12 nitrogen and oxygen atoms in total. The zero-order valence-electron chi connectivity index (χ0n) is 32.6. The number of hydrogen-bond donors (Lipinski definition) is 3. The molecule has 3 saturated heterocycles. The van der Waals surface area contributed by atoms with Gasteiger partial charge in [0.05, 0.1) is 0 Å². The lowest BCUT2D eigenvalue weighted by molar-refractivity contribution is -0.138. The van der Waals surface area contributed by atoms with Crippen LogP contribution < -0.4 is 11.1 Å². The normalized spacial score (nSPS) is 18.4. The maximum Gasteiger partial charge on any atom is 0.446 e. The standard InChI is InChI=1S/C19H24F3N3O3S.C13H22N2O3.C7H6F3NS/c20-19(21,22)29-16-4-2-15(3-5-16)23-18(27)25-9-1-8-24(10-11-25)17(26)14-6-12-28-13-7-14;16-12(10-11-4-1-2-5-11)14-6-3-7-15(9-8-14)13(17)18;8-7(9,10)12-6-3-1-5(11)2-4-6/h2-5,14H,1,6-13H2,(H,23,27);11H,1-10H2,(H,17,18);1-4H,11H2. The number of urea groups is 1. The van der Waals surface area contributed by atoms with Crippen molar-refractivity contribution in [1.29, 1.82) is 0 Å². The monoisotopic (exact) mass is 878 g/mol. The van der Waals surface area contributed by atoms with Crippen LogP contribution in [0.1, 0.15) is 57.8 Å². The highest BCUT2D eigenvalue weighted by Gasteiger charge is 2.31. The van der Waals surface area contributed by atoms with Crippen molar-refractivity contribution in [2.75, 3.05) is 76.6 Å². The minimum atomic E-state index is -4.34. The first-order chi connectivity index (χ1) is 28.0. The number of rotatable bonds is 6. The molecular formula is C39H52F6N6O6S2. The second-order valence-electron chi connectivity index (χ2n) is 14.5. The van der Waals surface area contributed by atoms with Crippen LogP contribution in [-0.2, 0) is 14.3 Å². The second-order valence-corrected chi connectivity index (χ2v) is 16.8. The Morgan fingerprint density at radius 1 is 0.661 bits per heavy atom. The highest BCUT2D eigenvalue weighted by atomic mass is 32.2. The highest BCUT2D eigenvalue weighted by molar-refractivity contribution is 8.00. The smallest absolute Gasteiger partial charge is 0.446 e. The van der Waals surface area contributed by atoms with Gasteiger partial charge in [-0.3, -0.25) is 9.59 Å². The maximum atomic E-state index is 12.7. The van der Waals surface area contributed by atoms with Crippen LogP contribution in [0.3, 0.4) is 0 Å². The number of carbonyl (C=O) groups excluding carboxylic acids is 3. The number of alkyl halides is 6. The Morgan fingerprint density at radius 3 is 1.69 bits per heavy atom. The molecule has 59 heavy (non-hydrogen) atoms. The molecule has 4 N–H and O–H groups in total. The van der Waals surface area contributed by atoms with E-state index in [1.165, 1.54) is 79.1 Å². The highest BCUT2D eigenvalue weighted by Crippen LogP contribution is 2.38. The van der Waals surface area contributed by atoms with E-state index in [-0.39, 0.29) is 57.1 Å². The van der Waals surface area contributed by atoms with E-state index in [9.17, 15) is 45.5 Å². The molecule has 3 heterocycles. The number of carbonyl (C=O) groups is 4. The van der Waals surface area contributed by atoms with Crippen LogP contribution in [0.5, 0.6) is 0 Å². The molecule has 20 heteroatoms. The van der Waals surface area contributed by atoms with Gasteiger partial charge in [0.1, 0.15) is 0 Å².